The van der Waals surface area contributed by atoms with Crippen molar-refractivity contribution in [2.45, 2.75) is 6.18 Å². The lowest BCUT2D eigenvalue weighted by Gasteiger charge is -2.10. The minimum atomic E-state index is -4.43. The summed E-state index contributed by atoms with van der Waals surface area (Å²) < 4.78 is 38.8. The van der Waals surface area contributed by atoms with E-state index in [2.05, 4.69) is 21.0 Å². The number of aromatic nitrogens is 2. The van der Waals surface area contributed by atoms with Crippen LogP contribution in [0.1, 0.15) is 16.1 Å². The average Bonchev–Trinajstić information content (AvgIpc) is 2.76. The Labute approximate surface area is 113 Å². The monoisotopic (exact) mass is 334 g/mol. The van der Waals surface area contributed by atoms with Crippen LogP contribution in [0.5, 0.6) is 0 Å². The van der Waals surface area contributed by atoms with Gasteiger partial charge in [-0.2, -0.15) is 18.3 Å². The number of alkyl halides is 3. The normalized spacial score (nSPS) is 11.6. The van der Waals surface area contributed by atoms with Crippen molar-refractivity contribution in [1.82, 2.24) is 9.78 Å². The minimum Gasteiger partial charge on any atom is -0.476 e. The van der Waals surface area contributed by atoms with Gasteiger partial charge in [-0.1, -0.05) is 0 Å². The molecule has 0 unspecified atom stereocenters. The van der Waals surface area contributed by atoms with Crippen LogP contribution in [-0.2, 0) is 6.18 Å². The van der Waals surface area contributed by atoms with E-state index in [0.29, 0.717) is 5.69 Å². The standard InChI is InChI=1S/C11H6BrF3N2O2/c12-7-5-6(11(13,14)15)1-2-9(7)17-4-3-8(16-17)10(18)19/h1-5H,(H,18,19). The van der Waals surface area contributed by atoms with Crippen LogP contribution < -0.4 is 0 Å². The van der Waals surface area contributed by atoms with Crippen molar-refractivity contribution in [1.29, 1.82) is 0 Å². The van der Waals surface area contributed by atoms with Gasteiger partial charge in [-0.3, -0.25) is 0 Å². The number of carbonyl (C=O) groups is 1. The number of carboxylic acids is 1. The largest absolute Gasteiger partial charge is 0.476 e. The zero-order valence-electron chi connectivity index (χ0n) is 9.15. The van der Waals surface area contributed by atoms with E-state index in [1.807, 2.05) is 0 Å². The highest BCUT2D eigenvalue weighted by Gasteiger charge is 2.31. The van der Waals surface area contributed by atoms with Crippen molar-refractivity contribution in [3.05, 3.63) is 46.2 Å². The lowest BCUT2D eigenvalue weighted by molar-refractivity contribution is -0.137. The van der Waals surface area contributed by atoms with Gasteiger partial charge < -0.3 is 5.11 Å². The summed E-state index contributed by atoms with van der Waals surface area (Å²) in [6, 6.07) is 4.29. The quantitative estimate of drug-likeness (QED) is 0.916. The van der Waals surface area contributed by atoms with Gasteiger partial charge in [-0.05, 0) is 40.2 Å². The molecule has 1 aromatic heterocycles. The first-order chi connectivity index (χ1) is 8.79. The van der Waals surface area contributed by atoms with E-state index in [9.17, 15) is 18.0 Å². The Morgan fingerprint density at radius 1 is 1.32 bits per heavy atom. The molecule has 19 heavy (non-hydrogen) atoms. The van der Waals surface area contributed by atoms with Gasteiger partial charge in [0.2, 0.25) is 0 Å². The summed E-state index contributed by atoms with van der Waals surface area (Å²) in [7, 11) is 0. The second-order valence-corrected chi connectivity index (χ2v) is 4.47. The van der Waals surface area contributed by atoms with E-state index in [-0.39, 0.29) is 10.2 Å². The zero-order valence-corrected chi connectivity index (χ0v) is 10.7. The first kappa shape index (κ1) is 13.6. The molecule has 2 rings (SSSR count). The number of benzene rings is 1. The molecule has 0 radical (unpaired) electrons. The third-order valence-electron chi connectivity index (χ3n) is 2.33. The summed E-state index contributed by atoms with van der Waals surface area (Å²) in [5.74, 6) is -1.21. The van der Waals surface area contributed by atoms with Crippen molar-refractivity contribution in [2.75, 3.05) is 0 Å². The molecule has 0 spiro atoms. The third-order valence-corrected chi connectivity index (χ3v) is 2.97. The molecule has 0 aliphatic heterocycles. The van der Waals surface area contributed by atoms with Gasteiger partial charge in [0.1, 0.15) is 0 Å². The molecule has 1 aromatic carbocycles. The number of halogens is 4. The van der Waals surface area contributed by atoms with E-state index in [1.165, 1.54) is 23.0 Å². The number of aromatic carboxylic acids is 1. The molecule has 0 aliphatic rings. The molecule has 0 saturated carbocycles. The molecular weight excluding hydrogens is 329 g/mol. The molecule has 1 N–H and O–H groups in total. The lowest BCUT2D eigenvalue weighted by atomic mass is 10.2. The van der Waals surface area contributed by atoms with Crippen molar-refractivity contribution in [3.63, 3.8) is 0 Å². The predicted molar refractivity (Wildman–Crippen MR) is 63.2 cm³/mol. The lowest BCUT2D eigenvalue weighted by Crippen LogP contribution is -2.06. The Bertz CT molecular complexity index is 637. The fourth-order valence-corrected chi connectivity index (χ4v) is 2.00. The van der Waals surface area contributed by atoms with Gasteiger partial charge in [-0.25, -0.2) is 9.48 Å². The fraction of sp³-hybridized carbons (Fsp3) is 0.0909. The Hall–Kier alpha value is -1.83. The van der Waals surface area contributed by atoms with E-state index in [1.54, 1.807) is 0 Å². The van der Waals surface area contributed by atoms with Gasteiger partial charge >= 0.3 is 12.1 Å². The van der Waals surface area contributed by atoms with Crippen molar-refractivity contribution >= 4 is 21.9 Å². The van der Waals surface area contributed by atoms with E-state index in [0.717, 1.165) is 12.1 Å². The van der Waals surface area contributed by atoms with Gasteiger partial charge in [-0.15, -0.1) is 0 Å². The molecule has 2 aromatic rings. The summed E-state index contributed by atoms with van der Waals surface area (Å²) in [5.41, 5.74) is -0.666. The molecule has 0 amide bonds. The Morgan fingerprint density at radius 3 is 2.47 bits per heavy atom. The third kappa shape index (κ3) is 2.78. The zero-order chi connectivity index (χ0) is 14.2. The van der Waals surface area contributed by atoms with Crippen LogP contribution >= 0.6 is 15.9 Å². The molecule has 0 fully saturated rings. The van der Waals surface area contributed by atoms with Crippen LogP contribution in [0, 0.1) is 0 Å². The van der Waals surface area contributed by atoms with Crippen molar-refractivity contribution in [3.8, 4) is 5.69 Å². The molecule has 0 bridgehead atoms. The number of carboxylic acid groups (broad SMARTS) is 1. The van der Waals surface area contributed by atoms with Gasteiger partial charge in [0.25, 0.3) is 0 Å². The van der Waals surface area contributed by atoms with Crippen LogP contribution in [0.15, 0.2) is 34.9 Å². The van der Waals surface area contributed by atoms with Crippen LogP contribution in [0.3, 0.4) is 0 Å². The molecular formula is C11H6BrF3N2O2. The summed E-state index contributed by atoms with van der Waals surface area (Å²) >= 11 is 3.01. The van der Waals surface area contributed by atoms with Crippen LogP contribution in [-0.4, -0.2) is 20.9 Å². The van der Waals surface area contributed by atoms with Gasteiger partial charge in [0.15, 0.2) is 5.69 Å². The van der Waals surface area contributed by atoms with Gasteiger partial charge in [0, 0.05) is 10.7 Å². The van der Waals surface area contributed by atoms with Crippen LogP contribution in [0.4, 0.5) is 13.2 Å². The molecule has 100 valence electrons. The Morgan fingerprint density at radius 2 is 2.00 bits per heavy atom. The van der Waals surface area contributed by atoms with Gasteiger partial charge in [0.05, 0.1) is 11.3 Å². The summed E-state index contributed by atoms with van der Waals surface area (Å²) in [6.07, 6.45) is -3.08. The molecule has 0 aliphatic carbocycles. The highest BCUT2D eigenvalue weighted by atomic mass is 79.9. The molecule has 1 heterocycles. The summed E-state index contributed by atoms with van der Waals surface area (Å²) in [4.78, 5) is 10.7. The second-order valence-electron chi connectivity index (χ2n) is 3.61. The minimum absolute atomic E-state index is 0.169. The summed E-state index contributed by atoms with van der Waals surface area (Å²) in [6.45, 7) is 0. The highest BCUT2D eigenvalue weighted by Crippen LogP contribution is 2.33. The maximum Gasteiger partial charge on any atom is 0.416 e. The number of nitrogens with zero attached hydrogens (tertiary/aromatic N) is 2. The van der Waals surface area contributed by atoms with E-state index >= 15 is 0 Å². The first-order valence-corrected chi connectivity index (χ1v) is 5.74. The maximum atomic E-state index is 12.5. The predicted octanol–water partition coefficient (Wildman–Crippen LogP) is 3.35. The fourth-order valence-electron chi connectivity index (χ4n) is 1.44. The number of rotatable bonds is 2. The van der Waals surface area contributed by atoms with E-state index in [4.69, 9.17) is 5.11 Å². The highest BCUT2D eigenvalue weighted by molar-refractivity contribution is 9.10. The smallest absolute Gasteiger partial charge is 0.416 e. The number of hydrogen-bond donors (Lipinski definition) is 1. The molecule has 8 heteroatoms. The summed E-state index contributed by atoms with van der Waals surface area (Å²) in [5, 5.41) is 12.5. The average molecular weight is 335 g/mol. The topological polar surface area (TPSA) is 55.1 Å². The van der Waals surface area contributed by atoms with Crippen LogP contribution in [0.2, 0.25) is 0 Å². The first-order valence-electron chi connectivity index (χ1n) is 4.95. The second kappa shape index (κ2) is 4.69. The molecule has 0 saturated heterocycles. The Balaban J connectivity index is 2.43. The SMILES string of the molecule is O=C(O)c1ccn(-c2ccc(C(F)(F)F)cc2Br)n1. The molecule has 0 atom stereocenters. The van der Waals surface area contributed by atoms with Crippen LogP contribution in [0.25, 0.3) is 5.69 Å². The molecule has 4 nitrogen and oxygen atoms in total. The Kier molecular flexibility index (Phi) is 3.36. The van der Waals surface area contributed by atoms with E-state index < -0.39 is 17.7 Å². The number of hydrogen-bond acceptors (Lipinski definition) is 2. The van der Waals surface area contributed by atoms with Crippen molar-refractivity contribution in [2.24, 2.45) is 0 Å². The van der Waals surface area contributed by atoms with Crippen molar-refractivity contribution < 1.29 is 23.1 Å². The maximum absolute atomic E-state index is 12.5.